The Bertz CT molecular complexity index is 965. The number of amides is 1. The van der Waals surface area contributed by atoms with E-state index in [9.17, 15) is 4.79 Å². The minimum atomic E-state index is 0.0182. The van der Waals surface area contributed by atoms with Crippen LogP contribution in [0.25, 0.3) is 10.6 Å². The molecule has 1 aliphatic rings. The standard InChI is InChI=1S/C22H24N4O2S/c1-16-5-3-6-19(17(16)2)28-15-22(27)26-12-10-25(11-13-26)21-9-8-18(23-24-21)20-7-4-14-29-20/h3-9,14H,10-13,15H2,1-2H3. The highest BCUT2D eigenvalue weighted by molar-refractivity contribution is 7.13. The molecular weight excluding hydrogens is 384 g/mol. The lowest BCUT2D eigenvalue weighted by molar-refractivity contribution is -0.133. The molecule has 0 unspecified atom stereocenters. The Morgan fingerprint density at radius 2 is 1.86 bits per heavy atom. The van der Waals surface area contributed by atoms with Crippen molar-refractivity contribution in [1.82, 2.24) is 15.1 Å². The number of ether oxygens (including phenoxy) is 1. The lowest BCUT2D eigenvalue weighted by Gasteiger charge is -2.35. The van der Waals surface area contributed by atoms with Crippen LogP contribution in [-0.4, -0.2) is 53.8 Å². The van der Waals surface area contributed by atoms with E-state index in [1.165, 1.54) is 0 Å². The highest BCUT2D eigenvalue weighted by atomic mass is 32.1. The predicted octanol–water partition coefficient (Wildman–Crippen LogP) is 3.55. The molecule has 1 aromatic carbocycles. The van der Waals surface area contributed by atoms with Gasteiger partial charge in [-0.1, -0.05) is 18.2 Å². The highest BCUT2D eigenvalue weighted by Crippen LogP contribution is 2.24. The molecule has 7 heteroatoms. The topological polar surface area (TPSA) is 58.6 Å². The average Bonchev–Trinajstić information content (AvgIpc) is 3.30. The summed E-state index contributed by atoms with van der Waals surface area (Å²) in [6.45, 7) is 6.91. The van der Waals surface area contributed by atoms with E-state index in [0.29, 0.717) is 13.1 Å². The van der Waals surface area contributed by atoms with Crippen LogP contribution in [0.5, 0.6) is 5.75 Å². The number of thiophene rings is 1. The summed E-state index contributed by atoms with van der Waals surface area (Å²) in [6.07, 6.45) is 0. The van der Waals surface area contributed by atoms with Gasteiger partial charge >= 0.3 is 0 Å². The lowest BCUT2D eigenvalue weighted by atomic mass is 10.1. The third kappa shape index (κ3) is 4.40. The molecule has 4 rings (SSSR count). The summed E-state index contributed by atoms with van der Waals surface area (Å²) in [5, 5.41) is 10.8. The second-order valence-electron chi connectivity index (χ2n) is 7.11. The largest absolute Gasteiger partial charge is 0.483 e. The highest BCUT2D eigenvalue weighted by Gasteiger charge is 2.22. The van der Waals surface area contributed by atoms with E-state index < -0.39 is 0 Å². The van der Waals surface area contributed by atoms with Crippen molar-refractivity contribution in [2.24, 2.45) is 0 Å². The van der Waals surface area contributed by atoms with Gasteiger partial charge in [-0.25, -0.2) is 0 Å². The number of piperazine rings is 1. The number of benzene rings is 1. The van der Waals surface area contributed by atoms with Crippen LogP contribution < -0.4 is 9.64 Å². The fourth-order valence-electron chi connectivity index (χ4n) is 3.35. The number of hydrogen-bond acceptors (Lipinski definition) is 6. The summed E-state index contributed by atoms with van der Waals surface area (Å²) in [7, 11) is 0. The Hall–Kier alpha value is -2.93. The quantitative estimate of drug-likeness (QED) is 0.646. The second-order valence-corrected chi connectivity index (χ2v) is 8.06. The van der Waals surface area contributed by atoms with Gasteiger partial charge < -0.3 is 14.5 Å². The molecule has 1 aliphatic heterocycles. The molecule has 0 aliphatic carbocycles. The number of carbonyl (C=O) groups is 1. The predicted molar refractivity (Wildman–Crippen MR) is 116 cm³/mol. The van der Waals surface area contributed by atoms with E-state index in [2.05, 4.69) is 15.1 Å². The van der Waals surface area contributed by atoms with Crippen molar-refractivity contribution in [3.63, 3.8) is 0 Å². The molecule has 3 aromatic rings. The van der Waals surface area contributed by atoms with E-state index in [0.717, 1.165) is 46.4 Å². The molecule has 0 N–H and O–H groups in total. The SMILES string of the molecule is Cc1cccc(OCC(=O)N2CCN(c3ccc(-c4cccs4)nn3)CC2)c1C. The van der Waals surface area contributed by atoms with Crippen LogP contribution in [0.3, 0.4) is 0 Å². The third-order valence-electron chi connectivity index (χ3n) is 5.29. The van der Waals surface area contributed by atoms with Crippen molar-refractivity contribution in [3.05, 3.63) is 59.0 Å². The Labute approximate surface area is 174 Å². The van der Waals surface area contributed by atoms with E-state index in [1.807, 2.05) is 66.6 Å². The summed E-state index contributed by atoms with van der Waals surface area (Å²) < 4.78 is 5.77. The molecular formula is C22H24N4O2S. The van der Waals surface area contributed by atoms with Gasteiger partial charge in [-0.2, -0.15) is 0 Å². The number of hydrogen-bond donors (Lipinski definition) is 0. The second kappa shape index (κ2) is 8.61. The maximum absolute atomic E-state index is 12.5. The first-order chi connectivity index (χ1) is 14.1. The first kappa shape index (κ1) is 19.4. The first-order valence-electron chi connectivity index (χ1n) is 9.71. The zero-order valence-electron chi connectivity index (χ0n) is 16.7. The van der Waals surface area contributed by atoms with Gasteiger partial charge in [0.25, 0.3) is 5.91 Å². The van der Waals surface area contributed by atoms with Crippen LogP contribution >= 0.6 is 11.3 Å². The molecule has 2 aromatic heterocycles. The van der Waals surface area contributed by atoms with Gasteiger partial charge in [0.15, 0.2) is 12.4 Å². The third-order valence-corrected chi connectivity index (χ3v) is 6.18. The maximum Gasteiger partial charge on any atom is 0.260 e. The zero-order valence-corrected chi connectivity index (χ0v) is 17.5. The molecule has 1 fully saturated rings. The molecule has 29 heavy (non-hydrogen) atoms. The molecule has 0 atom stereocenters. The Morgan fingerprint density at radius 3 is 2.55 bits per heavy atom. The Morgan fingerprint density at radius 1 is 1.03 bits per heavy atom. The van der Waals surface area contributed by atoms with Crippen LogP contribution in [0.2, 0.25) is 0 Å². The fraction of sp³-hybridized carbons (Fsp3) is 0.318. The number of anilines is 1. The van der Waals surface area contributed by atoms with Crippen molar-refractivity contribution in [2.45, 2.75) is 13.8 Å². The molecule has 0 saturated carbocycles. The number of aryl methyl sites for hydroxylation is 1. The first-order valence-corrected chi connectivity index (χ1v) is 10.6. The van der Waals surface area contributed by atoms with Gasteiger partial charge in [0.1, 0.15) is 11.4 Å². The van der Waals surface area contributed by atoms with Crippen LogP contribution in [-0.2, 0) is 4.79 Å². The molecule has 150 valence electrons. The van der Waals surface area contributed by atoms with Crippen LogP contribution in [0.4, 0.5) is 5.82 Å². The van der Waals surface area contributed by atoms with Crippen molar-refractivity contribution < 1.29 is 9.53 Å². The van der Waals surface area contributed by atoms with Gasteiger partial charge in [0.2, 0.25) is 0 Å². The summed E-state index contributed by atoms with van der Waals surface area (Å²) in [5.41, 5.74) is 3.13. The number of rotatable bonds is 5. The van der Waals surface area contributed by atoms with Gasteiger partial charge in [-0.05, 0) is 54.6 Å². The van der Waals surface area contributed by atoms with Gasteiger partial charge in [0.05, 0.1) is 4.88 Å². The average molecular weight is 409 g/mol. The fourth-order valence-corrected chi connectivity index (χ4v) is 4.04. The molecule has 0 radical (unpaired) electrons. The van der Waals surface area contributed by atoms with Crippen LogP contribution in [0, 0.1) is 13.8 Å². The van der Waals surface area contributed by atoms with Crippen LogP contribution in [0.15, 0.2) is 47.8 Å². The number of nitrogens with zero attached hydrogens (tertiary/aromatic N) is 4. The smallest absolute Gasteiger partial charge is 0.260 e. The molecule has 6 nitrogen and oxygen atoms in total. The zero-order chi connectivity index (χ0) is 20.2. The Balaban J connectivity index is 1.29. The lowest BCUT2D eigenvalue weighted by Crippen LogP contribution is -2.50. The molecule has 0 spiro atoms. The van der Waals surface area contributed by atoms with Gasteiger partial charge in [0, 0.05) is 26.2 Å². The summed E-state index contributed by atoms with van der Waals surface area (Å²) >= 11 is 1.65. The van der Waals surface area contributed by atoms with E-state index >= 15 is 0 Å². The molecule has 1 saturated heterocycles. The van der Waals surface area contributed by atoms with E-state index in [4.69, 9.17) is 4.74 Å². The maximum atomic E-state index is 12.5. The van der Waals surface area contributed by atoms with Gasteiger partial charge in [-0.3, -0.25) is 4.79 Å². The van der Waals surface area contributed by atoms with Crippen molar-refractivity contribution in [2.75, 3.05) is 37.7 Å². The van der Waals surface area contributed by atoms with Crippen LogP contribution in [0.1, 0.15) is 11.1 Å². The summed E-state index contributed by atoms with van der Waals surface area (Å²) in [5.74, 6) is 1.65. The molecule has 1 amide bonds. The monoisotopic (exact) mass is 408 g/mol. The van der Waals surface area contributed by atoms with E-state index in [1.54, 1.807) is 11.3 Å². The number of carbonyl (C=O) groups excluding carboxylic acids is 1. The van der Waals surface area contributed by atoms with Crippen molar-refractivity contribution in [3.8, 4) is 16.3 Å². The van der Waals surface area contributed by atoms with Gasteiger partial charge in [-0.15, -0.1) is 21.5 Å². The normalized spacial score (nSPS) is 14.1. The summed E-state index contributed by atoms with van der Waals surface area (Å²) in [4.78, 5) is 17.7. The van der Waals surface area contributed by atoms with Crippen molar-refractivity contribution >= 4 is 23.1 Å². The minimum Gasteiger partial charge on any atom is -0.483 e. The number of aromatic nitrogens is 2. The molecule has 3 heterocycles. The molecule has 0 bridgehead atoms. The van der Waals surface area contributed by atoms with Crippen molar-refractivity contribution in [1.29, 1.82) is 0 Å². The minimum absolute atomic E-state index is 0.0182. The van der Waals surface area contributed by atoms with E-state index in [-0.39, 0.29) is 12.5 Å². The Kier molecular flexibility index (Phi) is 5.76. The summed E-state index contributed by atoms with van der Waals surface area (Å²) in [6, 6.07) is 14.0.